The van der Waals surface area contributed by atoms with Crippen LogP contribution < -0.4 is 0 Å². The van der Waals surface area contributed by atoms with E-state index in [1.54, 1.807) is 0 Å². The van der Waals surface area contributed by atoms with Gasteiger partial charge in [-0.2, -0.15) is 0 Å². The number of carbonyl (C=O) groups excluding carboxylic acids is 1. The van der Waals surface area contributed by atoms with E-state index in [1.807, 2.05) is 30.3 Å². The van der Waals surface area contributed by atoms with E-state index < -0.39 is 5.60 Å². The molecule has 0 aliphatic rings. The van der Waals surface area contributed by atoms with E-state index in [2.05, 4.69) is 0 Å². The summed E-state index contributed by atoms with van der Waals surface area (Å²) < 4.78 is 4.99. The molecule has 1 rings (SSSR count). The molecule has 1 aromatic carbocycles. The number of esters is 1. The smallest absolute Gasteiger partial charge is 0.306 e. The zero-order chi connectivity index (χ0) is 13.4. The molecule has 0 aliphatic carbocycles. The Bertz CT molecular complexity index is 359. The summed E-state index contributed by atoms with van der Waals surface area (Å²) in [7, 11) is 0. The summed E-state index contributed by atoms with van der Waals surface area (Å²) in [6, 6.07) is 9.71. The van der Waals surface area contributed by atoms with Crippen molar-refractivity contribution in [3.8, 4) is 0 Å². The third-order valence-electron chi connectivity index (χ3n) is 2.70. The Morgan fingerprint density at radius 3 is 2.61 bits per heavy atom. The highest BCUT2D eigenvalue weighted by atomic mass is 16.5. The minimum atomic E-state index is -1.18. The summed E-state index contributed by atoms with van der Waals surface area (Å²) in [5, 5.41) is 18.3. The molecule has 0 heterocycles. The van der Waals surface area contributed by atoms with Crippen LogP contribution in [0.4, 0.5) is 0 Å². The van der Waals surface area contributed by atoms with Gasteiger partial charge in [-0.15, -0.1) is 0 Å². The van der Waals surface area contributed by atoms with Crippen LogP contribution in [0.3, 0.4) is 0 Å². The molecule has 0 saturated carbocycles. The minimum Gasteiger partial charge on any atom is -0.466 e. The van der Waals surface area contributed by atoms with Gasteiger partial charge >= 0.3 is 5.97 Å². The predicted octanol–water partition coefficient (Wildman–Crippen LogP) is 1.30. The van der Waals surface area contributed by atoms with Gasteiger partial charge in [-0.05, 0) is 18.9 Å². The van der Waals surface area contributed by atoms with E-state index in [0.29, 0.717) is 12.8 Å². The van der Waals surface area contributed by atoms with Crippen LogP contribution in [-0.2, 0) is 16.0 Å². The second kappa shape index (κ2) is 7.13. The Morgan fingerprint density at radius 2 is 2.00 bits per heavy atom. The second-order valence-corrected chi connectivity index (χ2v) is 4.61. The molecule has 0 fully saturated rings. The van der Waals surface area contributed by atoms with E-state index >= 15 is 0 Å². The van der Waals surface area contributed by atoms with Gasteiger partial charge in [-0.1, -0.05) is 30.3 Å². The molecule has 1 unspecified atom stereocenters. The van der Waals surface area contributed by atoms with Gasteiger partial charge in [0.1, 0.15) is 0 Å². The molecule has 4 heteroatoms. The first-order chi connectivity index (χ1) is 8.53. The van der Waals surface area contributed by atoms with Crippen molar-refractivity contribution in [1.82, 2.24) is 0 Å². The average molecular weight is 252 g/mol. The van der Waals surface area contributed by atoms with Crippen LogP contribution in [0.15, 0.2) is 30.3 Å². The standard InChI is InChI=1S/C14H20O4/c1-14(17,11-15)9-10-18-13(16)8-7-12-5-3-2-4-6-12/h2-6,15,17H,7-11H2,1H3. The topological polar surface area (TPSA) is 66.8 Å². The summed E-state index contributed by atoms with van der Waals surface area (Å²) in [4.78, 5) is 11.4. The highest BCUT2D eigenvalue weighted by Gasteiger charge is 2.19. The zero-order valence-corrected chi connectivity index (χ0v) is 10.6. The normalized spacial score (nSPS) is 13.9. The molecule has 2 N–H and O–H groups in total. The van der Waals surface area contributed by atoms with Crippen LogP contribution >= 0.6 is 0 Å². The number of ether oxygens (including phenoxy) is 1. The number of hydrogen-bond acceptors (Lipinski definition) is 4. The van der Waals surface area contributed by atoms with Crippen LogP contribution in [0.25, 0.3) is 0 Å². The molecule has 0 aromatic heterocycles. The minimum absolute atomic E-state index is 0.126. The predicted molar refractivity (Wildman–Crippen MR) is 68.0 cm³/mol. The maximum absolute atomic E-state index is 11.4. The zero-order valence-electron chi connectivity index (χ0n) is 10.6. The van der Waals surface area contributed by atoms with Gasteiger partial charge in [0.05, 0.1) is 18.8 Å². The maximum atomic E-state index is 11.4. The number of aliphatic hydroxyl groups excluding tert-OH is 1. The average Bonchev–Trinajstić information content (AvgIpc) is 2.37. The fourth-order valence-electron chi connectivity index (χ4n) is 1.43. The molecular weight excluding hydrogens is 232 g/mol. The van der Waals surface area contributed by atoms with Crippen LogP contribution in [0.1, 0.15) is 25.3 Å². The number of benzene rings is 1. The maximum Gasteiger partial charge on any atom is 0.306 e. The Morgan fingerprint density at radius 1 is 1.33 bits per heavy atom. The molecule has 1 atom stereocenters. The third kappa shape index (κ3) is 5.80. The number of hydrogen-bond donors (Lipinski definition) is 2. The highest BCUT2D eigenvalue weighted by molar-refractivity contribution is 5.69. The van der Waals surface area contributed by atoms with Crippen molar-refractivity contribution in [1.29, 1.82) is 0 Å². The van der Waals surface area contributed by atoms with Gasteiger partial charge < -0.3 is 14.9 Å². The van der Waals surface area contributed by atoms with E-state index in [0.717, 1.165) is 5.56 Å². The van der Waals surface area contributed by atoms with Crippen LogP contribution in [0.5, 0.6) is 0 Å². The largest absolute Gasteiger partial charge is 0.466 e. The van der Waals surface area contributed by atoms with E-state index in [1.165, 1.54) is 6.92 Å². The van der Waals surface area contributed by atoms with Crippen LogP contribution in [0.2, 0.25) is 0 Å². The molecule has 4 nitrogen and oxygen atoms in total. The van der Waals surface area contributed by atoms with Crippen molar-refractivity contribution >= 4 is 5.97 Å². The van der Waals surface area contributed by atoms with Gasteiger partial charge in [0.2, 0.25) is 0 Å². The summed E-state index contributed by atoms with van der Waals surface area (Å²) in [5.74, 6) is -0.285. The second-order valence-electron chi connectivity index (χ2n) is 4.61. The first-order valence-electron chi connectivity index (χ1n) is 6.06. The Kier molecular flexibility index (Phi) is 5.82. The molecule has 1 aromatic rings. The van der Waals surface area contributed by atoms with Crippen LogP contribution in [-0.4, -0.2) is 35.0 Å². The SMILES string of the molecule is CC(O)(CO)CCOC(=O)CCc1ccccc1. The van der Waals surface area contributed by atoms with Crippen molar-refractivity contribution in [2.75, 3.05) is 13.2 Å². The Hall–Kier alpha value is -1.39. The van der Waals surface area contributed by atoms with Gasteiger partial charge in [-0.3, -0.25) is 4.79 Å². The van der Waals surface area contributed by atoms with Gasteiger partial charge in [-0.25, -0.2) is 0 Å². The van der Waals surface area contributed by atoms with Gasteiger partial charge in [0.15, 0.2) is 0 Å². The quantitative estimate of drug-likeness (QED) is 0.718. The number of rotatable bonds is 7. The third-order valence-corrected chi connectivity index (χ3v) is 2.70. The van der Waals surface area contributed by atoms with Crippen molar-refractivity contribution in [2.45, 2.75) is 31.8 Å². The van der Waals surface area contributed by atoms with E-state index in [-0.39, 0.29) is 25.6 Å². The number of aliphatic hydroxyl groups is 2. The fourth-order valence-corrected chi connectivity index (χ4v) is 1.43. The van der Waals surface area contributed by atoms with E-state index in [9.17, 15) is 9.90 Å². The molecule has 0 amide bonds. The molecule has 100 valence electrons. The number of carbonyl (C=O) groups is 1. The molecule has 0 aliphatic heterocycles. The lowest BCUT2D eigenvalue weighted by atomic mass is 10.1. The Balaban J connectivity index is 2.19. The van der Waals surface area contributed by atoms with Crippen molar-refractivity contribution in [3.63, 3.8) is 0 Å². The van der Waals surface area contributed by atoms with E-state index in [4.69, 9.17) is 9.84 Å². The molecule has 18 heavy (non-hydrogen) atoms. The lowest BCUT2D eigenvalue weighted by Crippen LogP contribution is -2.30. The van der Waals surface area contributed by atoms with Gasteiger partial charge in [0, 0.05) is 12.8 Å². The monoisotopic (exact) mass is 252 g/mol. The van der Waals surface area contributed by atoms with Crippen molar-refractivity contribution in [3.05, 3.63) is 35.9 Å². The van der Waals surface area contributed by atoms with Crippen LogP contribution in [0, 0.1) is 0 Å². The first-order valence-corrected chi connectivity index (χ1v) is 6.06. The van der Waals surface area contributed by atoms with Gasteiger partial charge in [0.25, 0.3) is 0 Å². The Labute approximate surface area is 107 Å². The molecule has 0 radical (unpaired) electrons. The van der Waals surface area contributed by atoms with Crippen molar-refractivity contribution < 1.29 is 19.7 Å². The fraction of sp³-hybridized carbons (Fsp3) is 0.500. The summed E-state index contributed by atoms with van der Waals surface area (Å²) in [5.41, 5.74) is -0.0866. The highest BCUT2D eigenvalue weighted by Crippen LogP contribution is 2.08. The molecule has 0 spiro atoms. The lowest BCUT2D eigenvalue weighted by Gasteiger charge is -2.19. The summed E-state index contributed by atoms with van der Waals surface area (Å²) in [6.07, 6.45) is 1.21. The summed E-state index contributed by atoms with van der Waals surface area (Å²) in [6.45, 7) is 1.29. The first kappa shape index (κ1) is 14.7. The summed E-state index contributed by atoms with van der Waals surface area (Å²) >= 11 is 0. The molecule has 0 saturated heterocycles. The molecule has 0 bridgehead atoms. The lowest BCUT2D eigenvalue weighted by molar-refractivity contribution is -0.145. The van der Waals surface area contributed by atoms with Crippen molar-refractivity contribution in [2.24, 2.45) is 0 Å². The molecular formula is C14H20O4. The number of aryl methyl sites for hydroxylation is 1.